The SMILES string of the molecule is CN(C)C(=O)c1ccc(NCC(=O)NC(C)(C)C)cc1. The Bertz CT molecular complexity index is 473. The van der Waals surface area contributed by atoms with Crippen molar-refractivity contribution >= 4 is 17.5 Å². The van der Waals surface area contributed by atoms with E-state index in [1.165, 1.54) is 4.90 Å². The highest BCUT2D eigenvalue weighted by Gasteiger charge is 2.13. The summed E-state index contributed by atoms with van der Waals surface area (Å²) in [6.07, 6.45) is 0. The van der Waals surface area contributed by atoms with E-state index in [1.54, 1.807) is 38.4 Å². The lowest BCUT2D eigenvalue weighted by Gasteiger charge is -2.20. The molecule has 0 aromatic heterocycles. The first-order valence-electron chi connectivity index (χ1n) is 6.55. The Morgan fingerprint density at radius 3 is 2.10 bits per heavy atom. The number of nitrogens with one attached hydrogen (secondary N) is 2. The first-order chi connectivity index (χ1) is 9.19. The van der Waals surface area contributed by atoms with Crippen molar-refractivity contribution in [3.63, 3.8) is 0 Å². The highest BCUT2D eigenvalue weighted by Crippen LogP contribution is 2.10. The fourth-order valence-electron chi connectivity index (χ4n) is 1.63. The van der Waals surface area contributed by atoms with Crippen molar-refractivity contribution < 1.29 is 9.59 Å². The number of rotatable bonds is 4. The molecule has 0 aliphatic rings. The molecule has 0 spiro atoms. The molecule has 2 N–H and O–H groups in total. The van der Waals surface area contributed by atoms with Crippen molar-refractivity contribution in [2.75, 3.05) is 26.0 Å². The minimum absolute atomic E-state index is 0.0398. The summed E-state index contributed by atoms with van der Waals surface area (Å²) < 4.78 is 0. The maximum Gasteiger partial charge on any atom is 0.253 e. The summed E-state index contributed by atoms with van der Waals surface area (Å²) in [6, 6.07) is 7.07. The first kappa shape index (κ1) is 16.0. The molecule has 0 atom stereocenters. The van der Waals surface area contributed by atoms with E-state index in [4.69, 9.17) is 0 Å². The van der Waals surface area contributed by atoms with Crippen LogP contribution in [-0.4, -0.2) is 42.9 Å². The van der Waals surface area contributed by atoms with Gasteiger partial charge in [-0.25, -0.2) is 0 Å². The van der Waals surface area contributed by atoms with Gasteiger partial charge < -0.3 is 15.5 Å². The second kappa shape index (κ2) is 6.41. The predicted molar refractivity (Wildman–Crippen MR) is 80.8 cm³/mol. The number of amides is 2. The molecule has 5 nitrogen and oxygen atoms in total. The molecular formula is C15H23N3O2. The van der Waals surface area contributed by atoms with E-state index in [-0.39, 0.29) is 23.9 Å². The van der Waals surface area contributed by atoms with Crippen LogP contribution in [0.1, 0.15) is 31.1 Å². The van der Waals surface area contributed by atoms with Gasteiger partial charge >= 0.3 is 0 Å². The van der Waals surface area contributed by atoms with Crippen LogP contribution in [-0.2, 0) is 4.79 Å². The predicted octanol–water partition coefficient (Wildman–Crippen LogP) is 1.71. The Labute approximate surface area is 120 Å². The van der Waals surface area contributed by atoms with Crippen molar-refractivity contribution in [2.24, 2.45) is 0 Å². The second-order valence-electron chi connectivity index (χ2n) is 5.93. The van der Waals surface area contributed by atoms with Gasteiger partial charge in [0.05, 0.1) is 6.54 Å². The van der Waals surface area contributed by atoms with Gasteiger partial charge in [-0.2, -0.15) is 0 Å². The molecule has 1 rings (SSSR count). The molecule has 1 aromatic rings. The monoisotopic (exact) mass is 277 g/mol. The van der Waals surface area contributed by atoms with Gasteiger partial charge in [0.15, 0.2) is 0 Å². The van der Waals surface area contributed by atoms with E-state index in [0.717, 1.165) is 5.69 Å². The lowest BCUT2D eigenvalue weighted by atomic mass is 10.1. The number of benzene rings is 1. The molecule has 0 radical (unpaired) electrons. The van der Waals surface area contributed by atoms with Crippen LogP contribution in [0.4, 0.5) is 5.69 Å². The Morgan fingerprint density at radius 1 is 1.10 bits per heavy atom. The standard InChI is InChI=1S/C15H23N3O2/c1-15(2,3)17-13(19)10-16-12-8-6-11(7-9-12)14(20)18(4)5/h6-9,16H,10H2,1-5H3,(H,17,19). The van der Waals surface area contributed by atoms with Crippen molar-refractivity contribution in [1.29, 1.82) is 0 Å². The third kappa shape index (κ3) is 5.30. The summed E-state index contributed by atoms with van der Waals surface area (Å²) in [5.74, 6) is -0.104. The smallest absolute Gasteiger partial charge is 0.253 e. The summed E-state index contributed by atoms with van der Waals surface area (Å²) in [5.41, 5.74) is 1.20. The van der Waals surface area contributed by atoms with Crippen molar-refractivity contribution in [2.45, 2.75) is 26.3 Å². The summed E-state index contributed by atoms with van der Waals surface area (Å²) in [4.78, 5) is 24.9. The van der Waals surface area contributed by atoms with E-state index in [1.807, 2.05) is 20.8 Å². The maximum absolute atomic E-state index is 11.7. The van der Waals surface area contributed by atoms with Crippen LogP contribution in [0, 0.1) is 0 Å². The van der Waals surface area contributed by atoms with Crippen LogP contribution in [0.2, 0.25) is 0 Å². The number of carbonyl (C=O) groups excluding carboxylic acids is 2. The Morgan fingerprint density at radius 2 is 1.65 bits per heavy atom. The summed E-state index contributed by atoms with van der Waals surface area (Å²) in [7, 11) is 3.43. The Hall–Kier alpha value is -2.04. The highest BCUT2D eigenvalue weighted by atomic mass is 16.2. The fraction of sp³-hybridized carbons (Fsp3) is 0.467. The number of anilines is 1. The van der Waals surface area contributed by atoms with Crippen molar-refractivity contribution in [1.82, 2.24) is 10.2 Å². The number of hydrogen-bond donors (Lipinski definition) is 2. The highest BCUT2D eigenvalue weighted by molar-refractivity contribution is 5.94. The van der Waals surface area contributed by atoms with E-state index in [9.17, 15) is 9.59 Å². The van der Waals surface area contributed by atoms with Gasteiger partial charge in [0.1, 0.15) is 0 Å². The van der Waals surface area contributed by atoms with Gasteiger partial charge in [-0.15, -0.1) is 0 Å². The van der Waals surface area contributed by atoms with Crippen LogP contribution >= 0.6 is 0 Å². The average molecular weight is 277 g/mol. The minimum Gasteiger partial charge on any atom is -0.376 e. The Balaban J connectivity index is 2.54. The third-order valence-corrected chi connectivity index (χ3v) is 2.51. The molecule has 20 heavy (non-hydrogen) atoms. The average Bonchev–Trinajstić information content (AvgIpc) is 2.34. The molecule has 0 fully saturated rings. The molecule has 2 amide bonds. The normalized spacial score (nSPS) is 10.8. The van der Waals surface area contributed by atoms with Crippen LogP contribution in [0.15, 0.2) is 24.3 Å². The summed E-state index contributed by atoms with van der Waals surface area (Å²) >= 11 is 0. The van der Waals surface area contributed by atoms with E-state index >= 15 is 0 Å². The number of carbonyl (C=O) groups is 2. The molecule has 110 valence electrons. The van der Waals surface area contributed by atoms with Gasteiger partial charge in [0.2, 0.25) is 5.91 Å². The van der Waals surface area contributed by atoms with Crippen LogP contribution in [0.5, 0.6) is 0 Å². The molecule has 0 saturated carbocycles. The van der Waals surface area contributed by atoms with Crippen LogP contribution in [0.3, 0.4) is 0 Å². The topological polar surface area (TPSA) is 61.4 Å². The molecule has 0 unspecified atom stereocenters. The van der Waals surface area contributed by atoms with Crippen LogP contribution in [0.25, 0.3) is 0 Å². The van der Waals surface area contributed by atoms with Crippen molar-refractivity contribution in [3.8, 4) is 0 Å². The quantitative estimate of drug-likeness (QED) is 0.881. The number of hydrogen-bond acceptors (Lipinski definition) is 3. The van der Waals surface area contributed by atoms with Crippen molar-refractivity contribution in [3.05, 3.63) is 29.8 Å². The summed E-state index contributed by atoms with van der Waals surface area (Å²) in [5, 5.41) is 5.90. The van der Waals surface area contributed by atoms with Gasteiger partial charge in [-0.3, -0.25) is 9.59 Å². The third-order valence-electron chi connectivity index (χ3n) is 2.51. The second-order valence-corrected chi connectivity index (χ2v) is 5.93. The lowest BCUT2D eigenvalue weighted by molar-refractivity contribution is -0.120. The van der Waals surface area contributed by atoms with Crippen LogP contribution < -0.4 is 10.6 Å². The molecule has 0 heterocycles. The largest absolute Gasteiger partial charge is 0.376 e. The van der Waals surface area contributed by atoms with Gasteiger partial charge in [-0.1, -0.05) is 0 Å². The van der Waals surface area contributed by atoms with Gasteiger partial charge in [0, 0.05) is 30.9 Å². The van der Waals surface area contributed by atoms with E-state index in [0.29, 0.717) is 5.56 Å². The zero-order valence-electron chi connectivity index (χ0n) is 12.8. The molecule has 0 bridgehead atoms. The number of nitrogens with zero attached hydrogens (tertiary/aromatic N) is 1. The molecule has 0 saturated heterocycles. The molecule has 5 heteroatoms. The minimum atomic E-state index is -0.235. The first-order valence-corrected chi connectivity index (χ1v) is 6.55. The zero-order valence-corrected chi connectivity index (χ0v) is 12.8. The lowest BCUT2D eigenvalue weighted by Crippen LogP contribution is -2.43. The van der Waals surface area contributed by atoms with Gasteiger partial charge in [-0.05, 0) is 45.0 Å². The molecule has 0 aliphatic heterocycles. The van der Waals surface area contributed by atoms with E-state index < -0.39 is 0 Å². The molecule has 1 aromatic carbocycles. The van der Waals surface area contributed by atoms with E-state index in [2.05, 4.69) is 10.6 Å². The Kier molecular flexibility index (Phi) is 5.13. The van der Waals surface area contributed by atoms with Gasteiger partial charge in [0.25, 0.3) is 5.91 Å². The molecule has 0 aliphatic carbocycles. The zero-order chi connectivity index (χ0) is 15.3. The summed E-state index contributed by atoms with van der Waals surface area (Å²) in [6.45, 7) is 6.02. The maximum atomic E-state index is 11.7. The molecular weight excluding hydrogens is 254 g/mol. The fourth-order valence-corrected chi connectivity index (χ4v) is 1.63.